The highest BCUT2D eigenvalue weighted by Crippen LogP contribution is 2.10. The maximum Gasteiger partial charge on any atom is 0.243 e. The molecule has 0 amide bonds. The van der Waals surface area contributed by atoms with Crippen LogP contribution >= 0.6 is 0 Å². The zero-order chi connectivity index (χ0) is 13.4. The zero-order valence-corrected chi connectivity index (χ0v) is 11.3. The first kappa shape index (κ1) is 11.7. The number of aromatic nitrogens is 5. The first-order valence-electron chi connectivity index (χ1n) is 6.18. The highest BCUT2D eigenvalue weighted by molar-refractivity contribution is 5.44. The molecule has 0 saturated heterocycles. The molecule has 3 aromatic heterocycles. The lowest BCUT2D eigenvalue weighted by Crippen LogP contribution is -2.01. The molecule has 0 unspecified atom stereocenters. The van der Waals surface area contributed by atoms with Crippen molar-refractivity contribution in [1.29, 1.82) is 0 Å². The van der Waals surface area contributed by atoms with Crippen LogP contribution in [0.5, 0.6) is 0 Å². The van der Waals surface area contributed by atoms with Gasteiger partial charge in [0.1, 0.15) is 0 Å². The Morgan fingerprint density at radius 3 is 2.74 bits per heavy atom. The lowest BCUT2D eigenvalue weighted by Gasteiger charge is -1.98. The maximum atomic E-state index is 4.42. The van der Waals surface area contributed by atoms with Crippen LogP contribution in [0, 0.1) is 13.8 Å². The fourth-order valence-corrected chi connectivity index (χ4v) is 2.06. The van der Waals surface area contributed by atoms with Crippen LogP contribution in [-0.2, 0) is 13.6 Å². The molecule has 6 nitrogen and oxygen atoms in total. The Bertz CT molecular complexity index is 724. The summed E-state index contributed by atoms with van der Waals surface area (Å²) in [6, 6.07) is 3.99. The third-order valence-corrected chi connectivity index (χ3v) is 3.03. The van der Waals surface area contributed by atoms with E-state index in [9.17, 15) is 0 Å². The SMILES string of the molecule is Cc1ccc2nc(NCc3cn(C)nc3C)nn2c1. The predicted octanol–water partition coefficient (Wildman–Crippen LogP) is 1.69. The molecule has 0 aliphatic rings. The molecule has 0 atom stereocenters. The van der Waals surface area contributed by atoms with E-state index < -0.39 is 0 Å². The summed E-state index contributed by atoms with van der Waals surface area (Å²) >= 11 is 0. The van der Waals surface area contributed by atoms with Crippen LogP contribution in [0.4, 0.5) is 5.95 Å². The van der Waals surface area contributed by atoms with Crippen molar-refractivity contribution in [2.45, 2.75) is 20.4 Å². The number of rotatable bonds is 3. The molecule has 3 heterocycles. The van der Waals surface area contributed by atoms with Crippen molar-refractivity contribution in [1.82, 2.24) is 24.4 Å². The van der Waals surface area contributed by atoms with E-state index in [1.54, 1.807) is 4.52 Å². The van der Waals surface area contributed by atoms with Crippen molar-refractivity contribution in [2.75, 3.05) is 5.32 Å². The van der Waals surface area contributed by atoms with Gasteiger partial charge in [-0.05, 0) is 25.5 Å². The van der Waals surface area contributed by atoms with Gasteiger partial charge < -0.3 is 5.32 Å². The summed E-state index contributed by atoms with van der Waals surface area (Å²) in [4.78, 5) is 4.42. The van der Waals surface area contributed by atoms with Crippen LogP contribution in [0.2, 0.25) is 0 Å². The van der Waals surface area contributed by atoms with Crippen LogP contribution in [0.15, 0.2) is 24.5 Å². The Morgan fingerprint density at radius 2 is 2.00 bits per heavy atom. The number of nitrogens with zero attached hydrogens (tertiary/aromatic N) is 5. The van der Waals surface area contributed by atoms with E-state index in [0.717, 1.165) is 22.5 Å². The van der Waals surface area contributed by atoms with Gasteiger partial charge in [0.2, 0.25) is 5.95 Å². The summed E-state index contributed by atoms with van der Waals surface area (Å²) in [5.41, 5.74) is 4.18. The number of pyridine rings is 1. The van der Waals surface area contributed by atoms with Crippen molar-refractivity contribution in [2.24, 2.45) is 7.05 Å². The standard InChI is InChI=1S/C13H16N6/c1-9-4-5-12-15-13(17-19(12)7-9)14-6-11-8-18(3)16-10(11)2/h4-5,7-8H,6H2,1-3H3,(H,14,17). The molecule has 3 aromatic rings. The molecular formula is C13H16N6. The van der Waals surface area contributed by atoms with Crippen LogP contribution < -0.4 is 5.32 Å². The summed E-state index contributed by atoms with van der Waals surface area (Å²) in [5, 5.41) is 11.9. The third kappa shape index (κ3) is 2.29. The molecule has 98 valence electrons. The van der Waals surface area contributed by atoms with Gasteiger partial charge in [-0.25, -0.2) is 4.52 Å². The molecule has 0 aliphatic carbocycles. The Kier molecular flexibility index (Phi) is 2.70. The van der Waals surface area contributed by atoms with Gasteiger partial charge in [-0.2, -0.15) is 10.1 Å². The second-order valence-electron chi connectivity index (χ2n) is 4.71. The van der Waals surface area contributed by atoms with Gasteiger partial charge in [0.25, 0.3) is 0 Å². The summed E-state index contributed by atoms with van der Waals surface area (Å²) in [5.74, 6) is 0.633. The van der Waals surface area contributed by atoms with Gasteiger partial charge in [-0.3, -0.25) is 4.68 Å². The molecular weight excluding hydrogens is 240 g/mol. The smallest absolute Gasteiger partial charge is 0.243 e. The van der Waals surface area contributed by atoms with E-state index in [0.29, 0.717) is 12.5 Å². The average Bonchev–Trinajstić information content (AvgIpc) is 2.89. The molecule has 1 N–H and O–H groups in total. The summed E-state index contributed by atoms with van der Waals surface area (Å²) in [6.07, 6.45) is 3.96. The highest BCUT2D eigenvalue weighted by atomic mass is 15.3. The quantitative estimate of drug-likeness (QED) is 0.774. The van der Waals surface area contributed by atoms with Gasteiger partial charge >= 0.3 is 0 Å². The number of hydrogen-bond donors (Lipinski definition) is 1. The number of aryl methyl sites for hydroxylation is 3. The maximum absolute atomic E-state index is 4.42. The number of hydrogen-bond acceptors (Lipinski definition) is 4. The molecule has 6 heteroatoms. The van der Waals surface area contributed by atoms with Gasteiger partial charge in [0, 0.05) is 31.5 Å². The lowest BCUT2D eigenvalue weighted by molar-refractivity contribution is 0.756. The van der Waals surface area contributed by atoms with Crippen molar-refractivity contribution in [3.63, 3.8) is 0 Å². The van der Waals surface area contributed by atoms with Crippen molar-refractivity contribution in [3.8, 4) is 0 Å². The highest BCUT2D eigenvalue weighted by Gasteiger charge is 2.06. The van der Waals surface area contributed by atoms with E-state index in [4.69, 9.17) is 0 Å². The molecule has 0 radical (unpaired) electrons. The van der Waals surface area contributed by atoms with E-state index in [1.165, 1.54) is 0 Å². The Hall–Kier alpha value is -2.37. The van der Waals surface area contributed by atoms with Crippen LogP contribution in [0.3, 0.4) is 0 Å². The first-order chi connectivity index (χ1) is 9.11. The van der Waals surface area contributed by atoms with E-state index in [2.05, 4.69) is 20.5 Å². The van der Waals surface area contributed by atoms with E-state index in [-0.39, 0.29) is 0 Å². The summed E-state index contributed by atoms with van der Waals surface area (Å²) < 4.78 is 3.60. The molecule has 19 heavy (non-hydrogen) atoms. The Labute approximate surface area is 111 Å². The van der Waals surface area contributed by atoms with Crippen LogP contribution in [0.25, 0.3) is 5.65 Å². The molecule has 0 saturated carbocycles. The summed E-state index contributed by atoms with van der Waals surface area (Å²) in [7, 11) is 1.92. The normalized spacial score (nSPS) is 11.1. The Morgan fingerprint density at radius 1 is 1.16 bits per heavy atom. The minimum absolute atomic E-state index is 0.633. The predicted molar refractivity (Wildman–Crippen MR) is 73.0 cm³/mol. The molecule has 0 aliphatic heterocycles. The molecule has 3 rings (SSSR count). The third-order valence-electron chi connectivity index (χ3n) is 3.03. The van der Waals surface area contributed by atoms with Crippen molar-refractivity contribution < 1.29 is 0 Å². The second kappa shape index (κ2) is 4.38. The van der Waals surface area contributed by atoms with Gasteiger partial charge in [0.15, 0.2) is 5.65 Å². The second-order valence-corrected chi connectivity index (χ2v) is 4.71. The number of fused-ring (bicyclic) bond motifs is 1. The molecule has 0 fully saturated rings. The molecule has 0 aromatic carbocycles. The molecule has 0 spiro atoms. The zero-order valence-electron chi connectivity index (χ0n) is 11.3. The fourth-order valence-electron chi connectivity index (χ4n) is 2.06. The van der Waals surface area contributed by atoms with Gasteiger partial charge in [-0.1, -0.05) is 6.07 Å². The number of anilines is 1. The van der Waals surface area contributed by atoms with E-state index >= 15 is 0 Å². The average molecular weight is 256 g/mol. The lowest BCUT2D eigenvalue weighted by atomic mass is 10.3. The first-order valence-corrected chi connectivity index (χ1v) is 6.18. The molecule has 0 bridgehead atoms. The van der Waals surface area contributed by atoms with Crippen molar-refractivity contribution >= 4 is 11.6 Å². The minimum Gasteiger partial charge on any atom is -0.349 e. The van der Waals surface area contributed by atoms with Gasteiger partial charge in [0.05, 0.1) is 5.69 Å². The van der Waals surface area contributed by atoms with E-state index in [1.807, 2.05) is 50.1 Å². The van der Waals surface area contributed by atoms with Crippen molar-refractivity contribution in [3.05, 3.63) is 41.3 Å². The monoisotopic (exact) mass is 256 g/mol. The minimum atomic E-state index is 0.633. The van der Waals surface area contributed by atoms with Gasteiger partial charge in [-0.15, -0.1) is 5.10 Å². The summed E-state index contributed by atoms with van der Waals surface area (Å²) in [6.45, 7) is 4.71. The fraction of sp³-hybridized carbons (Fsp3) is 0.308. The number of nitrogens with one attached hydrogen (secondary N) is 1. The Balaban J connectivity index is 1.80. The topological polar surface area (TPSA) is 60.0 Å². The van der Waals surface area contributed by atoms with Crippen LogP contribution in [-0.4, -0.2) is 24.4 Å². The van der Waals surface area contributed by atoms with Crippen LogP contribution in [0.1, 0.15) is 16.8 Å². The largest absolute Gasteiger partial charge is 0.349 e.